The SMILES string of the molecule is CNC(=O)CC1(O)CCCN(Cc2ccc(C#N)cc2Cl)C1. The monoisotopic (exact) mass is 321 g/mol. The normalized spacial score (nSPS) is 22.1. The summed E-state index contributed by atoms with van der Waals surface area (Å²) >= 11 is 6.20. The third-order valence-corrected chi connectivity index (χ3v) is 4.33. The molecule has 1 amide bonds. The first-order valence-corrected chi connectivity index (χ1v) is 7.67. The second-order valence-corrected chi connectivity index (χ2v) is 6.21. The highest BCUT2D eigenvalue weighted by molar-refractivity contribution is 6.31. The topological polar surface area (TPSA) is 76.4 Å². The van der Waals surface area contributed by atoms with Crippen molar-refractivity contribution < 1.29 is 9.90 Å². The number of likely N-dealkylation sites (tertiary alicyclic amines) is 1. The maximum absolute atomic E-state index is 11.5. The summed E-state index contributed by atoms with van der Waals surface area (Å²) in [5.74, 6) is -0.152. The summed E-state index contributed by atoms with van der Waals surface area (Å²) in [6.07, 6.45) is 1.57. The van der Waals surface area contributed by atoms with E-state index < -0.39 is 5.60 Å². The summed E-state index contributed by atoms with van der Waals surface area (Å²) in [4.78, 5) is 13.6. The van der Waals surface area contributed by atoms with Crippen molar-refractivity contribution in [2.75, 3.05) is 20.1 Å². The molecule has 1 fully saturated rings. The van der Waals surface area contributed by atoms with Crippen LogP contribution in [0, 0.1) is 11.3 Å². The van der Waals surface area contributed by atoms with Crippen molar-refractivity contribution >= 4 is 17.5 Å². The van der Waals surface area contributed by atoms with Crippen LogP contribution in [0.25, 0.3) is 0 Å². The van der Waals surface area contributed by atoms with Crippen LogP contribution < -0.4 is 5.32 Å². The van der Waals surface area contributed by atoms with Crippen molar-refractivity contribution in [3.05, 3.63) is 34.3 Å². The van der Waals surface area contributed by atoms with Gasteiger partial charge in [-0.05, 0) is 37.1 Å². The second kappa shape index (κ2) is 7.10. The molecule has 1 aliphatic heterocycles. The number of piperidine rings is 1. The first-order chi connectivity index (χ1) is 10.5. The van der Waals surface area contributed by atoms with Crippen LogP contribution in [0.5, 0.6) is 0 Å². The number of β-amino-alcohol motifs (C(OH)–C–C–N with tert-alkyl or cyclic N) is 1. The molecule has 1 saturated heterocycles. The number of hydrogen-bond acceptors (Lipinski definition) is 4. The van der Waals surface area contributed by atoms with Gasteiger partial charge in [-0.3, -0.25) is 9.69 Å². The van der Waals surface area contributed by atoms with E-state index in [0.29, 0.717) is 30.1 Å². The van der Waals surface area contributed by atoms with E-state index in [4.69, 9.17) is 16.9 Å². The number of benzene rings is 1. The number of nitrogens with one attached hydrogen (secondary N) is 1. The lowest BCUT2D eigenvalue weighted by atomic mass is 9.89. The van der Waals surface area contributed by atoms with E-state index in [0.717, 1.165) is 18.5 Å². The van der Waals surface area contributed by atoms with Crippen molar-refractivity contribution in [1.29, 1.82) is 5.26 Å². The summed E-state index contributed by atoms with van der Waals surface area (Å²) in [7, 11) is 1.57. The van der Waals surface area contributed by atoms with Crippen molar-refractivity contribution in [3.8, 4) is 6.07 Å². The molecule has 0 spiro atoms. The van der Waals surface area contributed by atoms with Gasteiger partial charge in [0.2, 0.25) is 5.91 Å². The number of amides is 1. The van der Waals surface area contributed by atoms with E-state index in [-0.39, 0.29) is 12.3 Å². The molecule has 0 radical (unpaired) electrons. The van der Waals surface area contributed by atoms with E-state index in [1.165, 1.54) is 0 Å². The van der Waals surface area contributed by atoms with E-state index in [1.807, 2.05) is 6.07 Å². The highest BCUT2D eigenvalue weighted by atomic mass is 35.5. The molecule has 1 aliphatic rings. The van der Waals surface area contributed by atoms with Crippen molar-refractivity contribution in [2.45, 2.75) is 31.4 Å². The van der Waals surface area contributed by atoms with Crippen LogP contribution in [0.15, 0.2) is 18.2 Å². The lowest BCUT2D eigenvalue weighted by Gasteiger charge is -2.39. The Labute approximate surface area is 135 Å². The predicted octanol–water partition coefficient (Wildman–Crippen LogP) is 1.67. The Bertz CT molecular complexity index is 600. The molecular formula is C16H20ClN3O2. The summed E-state index contributed by atoms with van der Waals surface area (Å²) in [5.41, 5.74) is 0.464. The fourth-order valence-corrected chi connectivity index (χ4v) is 3.10. The van der Waals surface area contributed by atoms with Gasteiger partial charge in [0.05, 0.1) is 23.7 Å². The Morgan fingerprint density at radius 3 is 3.00 bits per heavy atom. The average molecular weight is 322 g/mol. The zero-order valence-electron chi connectivity index (χ0n) is 12.6. The Morgan fingerprint density at radius 2 is 2.36 bits per heavy atom. The molecule has 0 bridgehead atoms. The summed E-state index contributed by atoms with van der Waals surface area (Å²) < 4.78 is 0. The van der Waals surface area contributed by atoms with Gasteiger partial charge in [-0.2, -0.15) is 5.26 Å². The van der Waals surface area contributed by atoms with Crippen molar-refractivity contribution in [3.63, 3.8) is 0 Å². The van der Waals surface area contributed by atoms with Crippen LogP contribution in [0.4, 0.5) is 0 Å². The first-order valence-electron chi connectivity index (χ1n) is 7.29. The largest absolute Gasteiger partial charge is 0.388 e. The van der Waals surface area contributed by atoms with Gasteiger partial charge in [0.15, 0.2) is 0 Å². The van der Waals surface area contributed by atoms with E-state index in [9.17, 15) is 9.90 Å². The molecular weight excluding hydrogens is 302 g/mol. The smallest absolute Gasteiger partial charge is 0.222 e. The van der Waals surface area contributed by atoms with Crippen LogP contribution in [-0.4, -0.2) is 41.7 Å². The summed E-state index contributed by atoms with van der Waals surface area (Å²) in [6.45, 7) is 1.89. The molecule has 0 aromatic heterocycles. The van der Waals surface area contributed by atoms with Gasteiger partial charge < -0.3 is 10.4 Å². The number of nitrogens with zero attached hydrogens (tertiary/aromatic N) is 2. The van der Waals surface area contributed by atoms with Gasteiger partial charge in [-0.1, -0.05) is 17.7 Å². The Kier molecular flexibility index (Phi) is 5.41. The molecule has 1 atom stereocenters. The van der Waals surface area contributed by atoms with Gasteiger partial charge in [0, 0.05) is 25.2 Å². The number of aliphatic hydroxyl groups is 1. The number of hydrogen-bond donors (Lipinski definition) is 2. The van der Waals surface area contributed by atoms with Crippen molar-refractivity contribution in [1.82, 2.24) is 10.2 Å². The number of halogens is 1. The Morgan fingerprint density at radius 1 is 1.59 bits per heavy atom. The molecule has 1 heterocycles. The van der Waals surface area contributed by atoms with E-state index in [1.54, 1.807) is 19.2 Å². The molecule has 1 unspecified atom stereocenters. The maximum atomic E-state index is 11.5. The van der Waals surface area contributed by atoms with E-state index >= 15 is 0 Å². The fraction of sp³-hybridized carbons (Fsp3) is 0.500. The molecule has 0 saturated carbocycles. The number of nitriles is 1. The highest BCUT2D eigenvalue weighted by Gasteiger charge is 2.35. The molecule has 118 valence electrons. The average Bonchev–Trinajstić information content (AvgIpc) is 2.48. The van der Waals surface area contributed by atoms with Gasteiger partial charge >= 0.3 is 0 Å². The lowest BCUT2D eigenvalue weighted by molar-refractivity contribution is -0.128. The standard InChI is InChI=1S/C16H20ClN3O2/c1-19-15(21)8-16(22)5-2-6-20(11-16)10-13-4-3-12(9-18)7-14(13)17/h3-4,7,22H,2,5-6,8,10-11H2,1H3,(H,19,21). The minimum atomic E-state index is -0.989. The van der Waals surface area contributed by atoms with Gasteiger partial charge in [-0.25, -0.2) is 0 Å². The quantitative estimate of drug-likeness (QED) is 0.884. The van der Waals surface area contributed by atoms with Crippen LogP contribution in [-0.2, 0) is 11.3 Å². The van der Waals surface area contributed by atoms with Gasteiger partial charge in [0.25, 0.3) is 0 Å². The highest BCUT2D eigenvalue weighted by Crippen LogP contribution is 2.27. The van der Waals surface area contributed by atoms with Crippen molar-refractivity contribution in [2.24, 2.45) is 0 Å². The zero-order valence-corrected chi connectivity index (χ0v) is 13.4. The summed E-state index contributed by atoms with van der Waals surface area (Å²) in [6, 6.07) is 7.29. The number of carbonyl (C=O) groups excluding carboxylic acids is 1. The maximum Gasteiger partial charge on any atom is 0.222 e. The van der Waals surface area contributed by atoms with Crippen LogP contribution in [0.1, 0.15) is 30.4 Å². The van der Waals surface area contributed by atoms with Gasteiger partial charge in [0.1, 0.15) is 0 Å². The molecule has 22 heavy (non-hydrogen) atoms. The Balaban J connectivity index is 2.04. The fourth-order valence-electron chi connectivity index (χ4n) is 2.86. The number of carbonyl (C=O) groups is 1. The van der Waals surface area contributed by atoms with Crippen LogP contribution in [0.3, 0.4) is 0 Å². The third-order valence-electron chi connectivity index (χ3n) is 3.98. The lowest BCUT2D eigenvalue weighted by Crippen LogP contribution is -2.49. The Hall–Kier alpha value is -1.61. The van der Waals surface area contributed by atoms with Crippen LogP contribution >= 0.6 is 11.6 Å². The first kappa shape index (κ1) is 16.8. The summed E-state index contributed by atoms with van der Waals surface area (Å²) in [5, 5.41) is 22.6. The van der Waals surface area contributed by atoms with Gasteiger partial charge in [-0.15, -0.1) is 0 Å². The zero-order chi connectivity index (χ0) is 16.2. The third kappa shape index (κ3) is 4.20. The minimum absolute atomic E-state index is 0.112. The predicted molar refractivity (Wildman–Crippen MR) is 84.3 cm³/mol. The number of rotatable bonds is 4. The van der Waals surface area contributed by atoms with E-state index in [2.05, 4.69) is 16.3 Å². The molecule has 0 aliphatic carbocycles. The molecule has 2 N–H and O–H groups in total. The molecule has 6 heteroatoms. The molecule has 5 nitrogen and oxygen atoms in total. The van der Waals surface area contributed by atoms with Crippen LogP contribution in [0.2, 0.25) is 5.02 Å². The second-order valence-electron chi connectivity index (χ2n) is 5.81. The molecule has 1 aromatic rings. The molecule has 1 aromatic carbocycles. The minimum Gasteiger partial charge on any atom is -0.388 e. The molecule has 2 rings (SSSR count).